The zero-order valence-electron chi connectivity index (χ0n) is 14.0. The number of allylic oxidation sites excluding steroid dienone is 1. The molecule has 0 aliphatic carbocycles. The molecule has 24 heavy (non-hydrogen) atoms. The Hall–Kier alpha value is -2.60. The maximum Gasteiger partial charge on any atom is 0.260 e. The third kappa shape index (κ3) is 2.92. The van der Waals surface area contributed by atoms with E-state index in [9.17, 15) is 9.59 Å². The van der Waals surface area contributed by atoms with Gasteiger partial charge in [-0.1, -0.05) is 18.2 Å². The third-order valence-corrected chi connectivity index (χ3v) is 4.28. The molecule has 2 atom stereocenters. The van der Waals surface area contributed by atoms with Gasteiger partial charge < -0.3 is 19.9 Å². The molecule has 0 saturated heterocycles. The number of hydrogen-bond acceptors (Lipinski definition) is 4. The van der Waals surface area contributed by atoms with Crippen LogP contribution in [0.5, 0.6) is 0 Å². The zero-order valence-corrected chi connectivity index (χ0v) is 14.0. The van der Waals surface area contributed by atoms with Crippen molar-refractivity contribution in [2.45, 2.75) is 18.7 Å². The van der Waals surface area contributed by atoms with E-state index >= 15 is 0 Å². The maximum atomic E-state index is 12.9. The van der Waals surface area contributed by atoms with Gasteiger partial charge in [0.05, 0.1) is 11.6 Å². The molecule has 1 aromatic rings. The second-order valence-corrected chi connectivity index (χ2v) is 6.10. The number of fused-ring (bicyclic) bond motifs is 2. The number of carbonyl (C=O) groups excluding carboxylic acids is 2. The van der Waals surface area contributed by atoms with Crippen molar-refractivity contribution in [3.05, 3.63) is 53.8 Å². The Kier molecular flexibility index (Phi) is 4.40. The number of likely N-dealkylation sites (N-methyl/N-ethyl adjacent to an activating group) is 1. The fraction of sp³-hybridized carbons (Fsp3) is 0.333. The van der Waals surface area contributed by atoms with Gasteiger partial charge in [0.25, 0.3) is 5.91 Å². The monoisotopic (exact) mass is 327 g/mol. The number of nitrogens with zero attached hydrogens (tertiary/aromatic N) is 2. The van der Waals surface area contributed by atoms with Gasteiger partial charge in [0.15, 0.2) is 0 Å². The van der Waals surface area contributed by atoms with Gasteiger partial charge in [-0.3, -0.25) is 9.59 Å². The molecule has 6 heteroatoms. The van der Waals surface area contributed by atoms with E-state index in [0.717, 1.165) is 11.3 Å². The van der Waals surface area contributed by atoms with Crippen molar-refractivity contribution in [3.8, 4) is 0 Å². The van der Waals surface area contributed by atoms with Crippen molar-refractivity contribution in [1.29, 1.82) is 0 Å². The van der Waals surface area contributed by atoms with E-state index in [-0.39, 0.29) is 24.1 Å². The Morgan fingerprint density at radius 1 is 1.38 bits per heavy atom. The van der Waals surface area contributed by atoms with Crippen LogP contribution in [0, 0.1) is 0 Å². The number of para-hydroxylation sites is 1. The molecular formula is C18H21N3O3. The molecular weight excluding hydrogens is 306 g/mol. The minimum Gasteiger partial charge on any atom is -0.360 e. The molecule has 2 unspecified atom stereocenters. The number of carbonyl (C=O) groups is 2. The number of ether oxygens (including phenoxy) is 1. The molecule has 0 fully saturated rings. The molecule has 0 saturated carbocycles. The van der Waals surface area contributed by atoms with Crippen LogP contribution in [0.3, 0.4) is 0 Å². The Morgan fingerprint density at radius 2 is 2.12 bits per heavy atom. The average Bonchev–Trinajstić information content (AvgIpc) is 2.96. The lowest BCUT2D eigenvalue weighted by Gasteiger charge is -2.27. The number of benzene rings is 1. The van der Waals surface area contributed by atoms with Crippen molar-refractivity contribution in [3.63, 3.8) is 0 Å². The lowest BCUT2D eigenvalue weighted by molar-refractivity contribution is -0.123. The summed E-state index contributed by atoms with van der Waals surface area (Å²) in [7, 11) is 5.03. The normalized spacial score (nSPS) is 22.5. The van der Waals surface area contributed by atoms with Crippen molar-refractivity contribution < 1.29 is 14.3 Å². The Morgan fingerprint density at radius 3 is 2.83 bits per heavy atom. The van der Waals surface area contributed by atoms with Crippen molar-refractivity contribution in [1.82, 2.24) is 9.80 Å². The molecule has 1 N–H and O–H groups in total. The summed E-state index contributed by atoms with van der Waals surface area (Å²) in [6.07, 6.45) is 5.41. The van der Waals surface area contributed by atoms with Crippen molar-refractivity contribution in [2.75, 3.05) is 26.5 Å². The van der Waals surface area contributed by atoms with Gasteiger partial charge >= 0.3 is 0 Å². The maximum absolute atomic E-state index is 12.9. The van der Waals surface area contributed by atoms with Crippen LogP contribution in [0.1, 0.15) is 16.8 Å². The quantitative estimate of drug-likeness (QED) is 0.861. The average molecular weight is 327 g/mol. The minimum absolute atomic E-state index is 0.0648. The lowest BCUT2D eigenvalue weighted by Crippen LogP contribution is -2.43. The first kappa shape index (κ1) is 16.3. The van der Waals surface area contributed by atoms with E-state index in [1.54, 1.807) is 38.2 Å². The molecule has 2 aliphatic rings. The third-order valence-electron chi connectivity index (χ3n) is 4.28. The second-order valence-electron chi connectivity index (χ2n) is 6.10. The smallest absolute Gasteiger partial charge is 0.260 e. The molecule has 6 nitrogen and oxygen atoms in total. The van der Waals surface area contributed by atoms with Crippen LogP contribution in [0.15, 0.2) is 48.2 Å². The van der Waals surface area contributed by atoms with E-state index in [2.05, 4.69) is 5.32 Å². The van der Waals surface area contributed by atoms with E-state index in [1.807, 2.05) is 24.4 Å². The Balaban J connectivity index is 1.90. The molecule has 2 aliphatic heterocycles. The molecule has 126 valence electrons. The van der Waals surface area contributed by atoms with Crippen LogP contribution < -0.4 is 5.32 Å². The number of amides is 2. The summed E-state index contributed by atoms with van der Waals surface area (Å²) in [5, 5.41) is 3.30. The lowest BCUT2D eigenvalue weighted by atomic mass is 10.1. The highest BCUT2D eigenvalue weighted by Gasteiger charge is 2.38. The molecule has 0 bridgehead atoms. The van der Waals surface area contributed by atoms with Gasteiger partial charge in [-0.05, 0) is 24.1 Å². The molecule has 0 spiro atoms. The molecule has 2 amide bonds. The SMILES string of the molecule is COC1Nc2ccccc2C(=O)N2C=C(/C=C\C(=O)N(C)C)CC12. The largest absolute Gasteiger partial charge is 0.360 e. The molecule has 1 aromatic carbocycles. The highest BCUT2D eigenvalue weighted by Crippen LogP contribution is 2.33. The Bertz CT molecular complexity index is 724. The number of hydrogen-bond donors (Lipinski definition) is 1. The summed E-state index contributed by atoms with van der Waals surface area (Å²) in [6.45, 7) is 0. The van der Waals surface area contributed by atoms with Gasteiger partial charge in [0.2, 0.25) is 5.91 Å². The van der Waals surface area contributed by atoms with E-state index in [1.165, 1.54) is 11.0 Å². The molecule has 3 rings (SSSR count). The van der Waals surface area contributed by atoms with E-state index in [4.69, 9.17) is 4.74 Å². The first-order valence-electron chi connectivity index (χ1n) is 7.82. The van der Waals surface area contributed by atoms with Crippen LogP contribution in [0.4, 0.5) is 5.69 Å². The Labute approximate surface area is 141 Å². The van der Waals surface area contributed by atoms with Crippen LogP contribution >= 0.6 is 0 Å². The number of methoxy groups -OCH3 is 1. The summed E-state index contributed by atoms with van der Waals surface area (Å²) in [4.78, 5) is 27.8. The van der Waals surface area contributed by atoms with Gasteiger partial charge in [-0.25, -0.2) is 0 Å². The first-order valence-corrected chi connectivity index (χ1v) is 7.82. The van der Waals surface area contributed by atoms with Crippen LogP contribution in [0.2, 0.25) is 0 Å². The summed E-state index contributed by atoms with van der Waals surface area (Å²) < 4.78 is 5.56. The topological polar surface area (TPSA) is 61.9 Å². The molecule has 2 heterocycles. The fourth-order valence-corrected chi connectivity index (χ4v) is 2.97. The summed E-state index contributed by atoms with van der Waals surface area (Å²) in [5.74, 6) is -0.152. The van der Waals surface area contributed by atoms with Gasteiger partial charge in [0, 0.05) is 39.2 Å². The number of anilines is 1. The number of rotatable bonds is 3. The highest BCUT2D eigenvalue weighted by atomic mass is 16.5. The first-order chi connectivity index (χ1) is 11.5. The minimum atomic E-state index is -0.315. The fourth-order valence-electron chi connectivity index (χ4n) is 2.97. The number of nitrogens with one attached hydrogen (secondary N) is 1. The van der Waals surface area contributed by atoms with Crippen LogP contribution in [-0.4, -0.2) is 55.1 Å². The van der Waals surface area contributed by atoms with Gasteiger partial charge in [-0.15, -0.1) is 0 Å². The van der Waals surface area contributed by atoms with E-state index in [0.29, 0.717) is 12.0 Å². The highest BCUT2D eigenvalue weighted by molar-refractivity contribution is 6.01. The predicted molar refractivity (Wildman–Crippen MR) is 91.4 cm³/mol. The van der Waals surface area contributed by atoms with Crippen molar-refractivity contribution in [2.24, 2.45) is 0 Å². The molecule has 0 radical (unpaired) electrons. The van der Waals surface area contributed by atoms with Gasteiger partial charge in [0.1, 0.15) is 6.23 Å². The predicted octanol–water partition coefficient (Wildman–Crippen LogP) is 1.83. The standard InChI is InChI=1S/C18H21N3O3/c1-20(2)16(22)9-8-12-10-15-17(24-3)19-14-7-5-4-6-13(14)18(23)21(15)11-12/h4-9,11,15,17,19H,10H2,1-3H3/b9-8-. The van der Waals surface area contributed by atoms with Crippen molar-refractivity contribution >= 4 is 17.5 Å². The summed E-state index contributed by atoms with van der Waals surface area (Å²) in [5.41, 5.74) is 2.32. The van der Waals surface area contributed by atoms with E-state index < -0.39 is 0 Å². The zero-order chi connectivity index (χ0) is 17.3. The van der Waals surface area contributed by atoms with Crippen LogP contribution in [-0.2, 0) is 9.53 Å². The van der Waals surface area contributed by atoms with Crippen LogP contribution in [0.25, 0.3) is 0 Å². The summed E-state index contributed by atoms with van der Waals surface area (Å²) >= 11 is 0. The second kappa shape index (κ2) is 6.49. The summed E-state index contributed by atoms with van der Waals surface area (Å²) in [6, 6.07) is 7.26. The van der Waals surface area contributed by atoms with Gasteiger partial charge in [-0.2, -0.15) is 0 Å². The molecule has 0 aromatic heterocycles.